The number of hydrogen-bond donors (Lipinski definition) is 2. The zero-order valence-electron chi connectivity index (χ0n) is 9.64. The summed E-state index contributed by atoms with van der Waals surface area (Å²) in [6.07, 6.45) is 2.58. The Balaban J connectivity index is 2.43. The van der Waals surface area contributed by atoms with Crippen LogP contribution in [0.2, 0.25) is 0 Å². The van der Waals surface area contributed by atoms with Crippen LogP contribution < -0.4 is 10.5 Å². The molecule has 0 aromatic heterocycles. The molecule has 94 valence electrons. The third-order valence-corrected chi connectivity index (χ3v) is 3.63. The molecule has 1 rings (SSSR count). The summed E-state index contributed by atoms with van der Waals surface area (Å²) in [5.41, 5.74) is 5.21. The van der Waals surface area contributed by atoms with Crippen molar-refractivity contribution in [1.82, 2.24) is 9.62 Å². The molecule has 1 heterocycles. The third-order valence-electron chi connectivity index (χ3n) is 2.87. The monoisotopic (exact) mass is 249 g/mol. The van der Waals surface area contributed by atoms with E-state index in [1.807, 2.05) is 4.90 Å². The van der Waals surface area contributed by atoms with Gasteiger partial charge in [-0.05, 0) is 19.8 Å². The number of amides is 1. The van der Waals surface area contributed by atoms with Crippen LogP contribution in [0.15, 0.2) is 0 Å². The molecule has 0 aromatic rings. The second kappa shape index (κ2) is 5.11. The molecule has 1 atom stereocenters. The van der Waals surface area contributed by atoms with Gasteiger partial charge in [0.1, 0.15) is 0 Å². The van der Waals surface area contributed by atoms with Crippen molar-refractivity contribution in [3.63, 3.8) is 0 Å². The molecule has 0 radical (unpaired) electrons. The Bertz CT molecular complexity index is 347. The lowest BCUT2D eigenvalue weighted by Gasteiger charge is -2.34. The van der Waals surface area contributed by atoms with E-state index in [4.69, 9.17) is 5.73 Å². The van der Waals surface area contributed by atoms with Gasteiger partial charge < -0.3 is 5.73 Å². The Labute approximate surface area is 96.2 Å². The van der Waals surface area contributed by atoms with Crippen LogP contribution in [-0.4, -0.2) is 50.7 Å². The predicted molar refractivity (Wildman–Crippen MR) is 61.2 cm³/mol. The maximum absolute atomic E-state index is 11.0. The number of hydrogen-bond acceptors (Lipinski definition) is 4. The largest absolute Gasteiger partial charge is 0.368 e. The molecule has 7 heteroatoms. The smallest absolute Gasteiger partial charge is 0.234 e. The Morgan fingerprint density at radius 2 is 1.94 bits per heavy atom. The van der Waals surface area contributed by atoms with Gasteiger partial charge >= 0.3 is 0 Å². The van der Waals surface area contributed by atoms with Crippen LogP contribution >= 0.6 is 0 Å². The average Bonchev–Trinajstić information content (AvgIpc) is 2.15. The van der Waals surface area contributed by atoms with Crippen molar-refractivity contribution >= 4 is 15.9 Å². The zero-order valence-corrected chi connectivity index (χ0v) is 10.5. The standard InChI is InChI=1S/C9H19N3O3S/c1-7(9(10)13)12-5-3-8(4-6-12)11-16(2,14)15/h7-8,11H,3-6H2,1-2H3,(H2,10,13). The molecule has 1 fully saturated rings. The Morgan fingerprint density at radius 1 is 1.44 bits per heavy atom. The van der Waals surface area contributed by atoms with Gasteiger partial charge in [-0.25, -0.2) is 13.1 Å². The summed E-state index contributed by atoms with van der Waals surface area (Å²) in [7, 11) is -3.14. The lowest BCUT2D eigenvalue weighted by atomic mass is 10.0. The molecular formula is C9H19N3O3S. The minimum Gasteiger partial charge on any atom is -0.368 e. The van der Waals surface area contributed by atoms with E-state index < -0.39 is 10.0 Å². The number of nitrogens with two attached hydrogens (primary N) is 1. The van der Waals surface area contributed by atoms with Gasteiger partial charge in [-0.15, -0.1) is 0 Å². The van der Waals surface area contributed by atoms with Crippen LogP contribution in [0.25, 0.3) is 0 Å². The number of carbonyl (C=O) groups is 1. The first-order valence-corrected chi connectivity index (χ1v) is 7.19. The fourth-order valence-corrected chi connectivity index (χ4v) is 2.73. The van der Waals surface area contributed by atoms with E-state index in [1.165, 1.54) is 0 Å². The van der Waals surface area contributed by atoms with Gasteiger partial charge in [-0.2, -0.15) is 0 Å². The highest BCUT2D eigenvalue weighted by Crippen LogP contribution is 2.13. The maximum Gasteiger partial charge on any atom is 0.234 e. The molecule has 0 aromatic carbocycles. The third kappa shape index (κ3) is 4.07. The van der Waals surface area contributed by atoms with E-state index in [0.717, 1.165) is 6.26 Å². The van der Waals surface area contributed by atoms with Crippen molar-refractivity contribution in [2.75, 3.05) is 19.3 Å². The van der Waals surface area contributed by atoms with Gasteiger partial charge in [0.25, 0.3) is 0 Å². The molecule has 0 bridgehead atoms. The Kier molecular flexibility index (Phi) is 4.28. The molecule has 1 amide bonds. The molecule has 0 aliphatic carbocycles. The second-order valence-electron chi connectivity index (χ2n) is 4.28. The summed E-state index contributed by atoms with van der Waals surface area (Å²) < 4.78 is 24.6. The van der Waals surface area contributed by atoms with Crippen molar-refractivity contribution in [3.05, 3.63) is 0 Å². The van der Waals surface area contributed by atoms with E-state index in [2.05, 4.69) is 4.72 Å². The van der Waals surface area contributed by atoms with Gasteiger partial charge in [0.15, 0.2) is 0 Å². The summed E-state index contributed by atoms with van der Waals surface area (Å²) in [5, 5.41) is 0. The fourth-order valence-electron chi connectivity index (χ4n) is 1.89. The molecule has 6 nitrogen and oxygen atoms in total. The van der Waals surface area contributed by atoms with Gasteiger partial charge in [-0.1, -0.05) is 0 Å². The van der Waals surface area contributed by atoms with E-state index in [1.54, 1.807) is 6.92 Å². The quantitative estimate of drug-likeness (QED) is 0.659. The zero-order chi connectivity index (χ0) is 12.3. The molecule has 1 saturated heterocycles. The van der Waals surface area contributed by atoms with Crippen LogP contribution in [0.1, 0.15) is 19.8 Å². The predicted octanol–water partition coefficient (Wildman–Crippen LogP) is -1.13. The molecule has 1 aliphatic heterocycles. The molecule has 1 aliphatic rings. The van der Waals surface area contributed by atoms with Gasteiger partial charge in [0.05, 0.1) is 12.3 Å². The lowest BCUT2D eigenvalue weighted by Crippen LogP contribution is -2.50. The van der Waals surface area contributed by atoms with Crippen LogP contribution in [0, 0.1) is 0 Å². The Hall–Kier alpha value is -0.660. The first kappa shape index (κ1) is 13.4. The van der Waals surface area contributed by atoms with Crippen molar-refractivity contribution in [1.29, 1.82) is 0 Å². The average molecular weight is 249 g/mol. The van der Waals surface area contributed by atoms with Crippen molar-refractivity contribution in [2.45, 2.75) is 31.8 Å². The Morgan fingerprint density at radius 3 is 2.31 bits per heavy atom. The number of nitrogens with one attached hydrogen (secondary N) is 1. The first-order valence-electron chi connectivity index (χ1n) is 5.30. The highest BCUT2D eigenvalue weighted by Gasteiger charge is 2.26. The summed E-state index contributed by atoms with van der Waals surface area (Å²) in [6.45, 7) is 3.15. The normalized spacial score (nSPS) is 21.9. The molecule has 3 N–H and O–H groups in total. The number of piperidine rings is 1. The second-order valence-corrected chi connectivity index (χ2v) is 6.06. The van der Waals surface area contributed by atoms with Gasteiger partial charge in [-0.3, -0.25) is 9.69 Å². The lowest BCUT2D eigenvalue weighted by molar-refractivity contribution is -0.123. The number of sulfonamides is 1. The number of primary amides is 1. The summed E-state index contributed by atoms with van der Waals surface area (Å²) in [5.74, 6) is -0.338. The number of nitrogens with zero attached hydrogens (tertiary/aromatic N) is 1. The van der Waals surface area contributed by atoms with E-state index in [-0.39, 0.29) is 18.0 Å². The molecule has 0 saturated carbocycles. The first-order chi connectivity index (χ1) is 7.29. The van der Waals surface area contributed by atoms with E-state index >= 15 is 0 Å². The van der Waals surface area contributed by atoms with Crippen LogP contribution in [-0.2, 0) is 14.8 Å². The summed E-state index contributed by atoms with van der Waals surface area (Å²) >= 11 is 0. The van der Waals surface area contributed by atoms with Crippen molar-refractivity contribution < 1.29 is 13.2 Å². The summed E-state index contributed by atoms with van der Waals surface area (Å²) in [4.78, 5) is 13.0. The topological polar surface area (TPSA) is 92.5 Å². The van der Waals surface area contributed by atoms with E-state index in [0.29, 0.717) is 25.9 Å². The van der Waals surface area contributed by atoms with Crippen molar-refractivity contribution in [2.24, 2.45) is 5.73 Å². The highest BCUT2D eigenvalue weighted by molar-refractivity contribution is 7.88. The van der Waals surface area contributed by atoms with Crippen molar-refractivity contribution in [3.8, 4) is 0 Å². The van der Waals surface area contributed by atoms with Gasteiger partial charge in [0.2, 0.25) is 15.9 Å². The minimum atomic E-state index is -3.14. The van der Waals surface area contributed by atoms with Crippen LogP contribution in [0.4, 0.5) is 0 Å². The number of rotatable bonds is 4. The van der Waals surface area contributed by atoms with E-state index in [9.17, 15) is 13.2 Å². The fraction of sp³-hybridized carbons (Fsp3) is 0.889. The SMILES string of the molecule is CC(C(N)=O)N1CCC(NS(C)(=O)=O)CC1. The molecule has 0 spiro atoms. The number of carbonyl (C=O) groups excluding carboxylic acids is 1. The number of likely N-dealkylation sites (tertiary alicyclic amines) is 1. The highest BCUT2D eigenvalue weighted by atomic mass is 32.2. The summed E-state index contributed by atoms with van der Waals surface area (Å²) in [6, 6.07) is -0.300. The molecule has 16 heavy (non-hydrogen) atoms. The maximum atomic E-state index is 11.0. The van der Waals surface area contributed by atoms with Crippen LogP contribution in [0.3, 0.4) is 0 Å². The molecular weight excluding hydrogens is 230 g/mol. The van der Waals surface area contributed by atoms with Crippen LogP contribution in [0.5, 0.6) is 0 Å². The molecule has 1 unspecified atom stereocenters. The minimum absolute atomic E-state index is 0.0219. The van der Waals surface area contributed by atoms with Gasteiger partial charge in [0, 0.05) is 19.1 Å².